The van der Waals surface area contributed by atoms with Crippen LogP contribution in [-0.2, 0) is 17.1 Å². The Morgan fingerprint density at radius 1 is 1.18 bits per heavy atom. The van der Waals surface area contributed by atoms with Crippen LogP contribution in [0.25, 0.3) is 0 Å². The number of hydrogen-bond donors (Lipinski definition) is 0. The zero-order valence-corrected chi connectivity index (χ0v) is 14.4. The van der Waals surface area contributed by atoms with Gasteiger partial charge in [-0.2, -0.15) is 4.31 Å². The SMILES string of the molecule is Cn1cccc1C1CCCN1S(=O)(=O)c1cccc(Cl)c1Cl. The maximum absolute atomic E-state index is 13.0. The van der Waals surface area contributed by atoms with Gasteiger partial charge >= 0.3 is 0 Å². The van der Waals surface area contributed by atoms with Crippen LogP contribution < -0.4 is 0 Å². The van der Waals surface area contributed by atoms with Crippen LogP contribution in [0.5, 0.6) is 0 Å². The minimum Gasteiger partial charge on any atom is -0.353 e. The average Bonchev–Trinajstić information content (AvgIpc) is 3.09. The third-order valence-electron chi connectivity index (χ3n) is 4.03. The molecule has 22 heavy (non-hydrogen) atoms. The molecule has 1 fully saturated rings. The Bertz CT molecular complexity index is 802. The standard InChI is InChI=1S/C15H16Cl2N2O2S/c1-18-9-3-6-12(18)13-7-4-10-19(13)22(20,21)14-8-2-5-11(16)15(14)17/h2-3,5-6,8-9,13H,4,7,10H2,1H3. The van der Waals surface area contributed by atoms with Crippen LogP contribution in [0.1, 0.15) is 24.6 Å². The number of aryl methyl sites for hydroxylation is 1. The van der Waals surface area contributed by atoms with Gasteiger partial charge in [-0.1, -0.05) is 29.3 Å². The molecule has 2 heterocycles. The van der Waals surface area contributed by atoms with Gasteiger partial charge in [-0.25, -0.2) is 8.42 Å². The molecule has 1 saturated heterocycles. The molecule has 2 aromatic rings. The molecule has 0 bridgehead atoms. The number of rotatable bonds is 3. The molecule has 4 nitrogen and oxygen atoms in total. The minimum atomic E-state index is -3.68. The summed E-state index contributed by atoms with van der Waals surface area (Å²) in [6.07, 6.45) is 3.55. The molecule has 3 rings (SSSR count). The van der Waals surface area contributed by atoms with E-state index in [9.17, 15) is 8.42 Å². The smallest absolute Gasteiger partial charge is 0.245 e. The number of hydrogen-bond acceptors (Lipinski definition) is 2. The number of aromatic nitrogens is 1. The Morgan fingerprint density at radius 2 is 1.95 bits per heavy atom. The van der Waals surface area contributed by atoms with Crippen molar-refractivity contribution in [1.82, 2.24) is 8.87 Å². The highest BCUT2D eigenvalue weighted by molar-refractivity contribution is 7.89. The average molecular weight is 359 g/mol. The molecule has 1 aliphatic rings. The van der Waals surface area contributed by atoms with Gasteiger partial charge in [-0.05, 0) is 37.1 Å². The first-order valence-corrected chi connectivity index (χ1v) is 9.19. The van der Waals surface area contributed by atoms with E-state index >= 15 is 0 Å². The van der Waals surface area contributed by atoms with Gasteiger partial charge in [0.1, 0.15) is 4.90 Å². The zero-order valence-electron chi connectivity index (χ0n) is 12.0. The van der Waals surface area contributed by atoms with E-state index < -0.39 is 10.0 Å². The molecule has 0 saturated carbocycles. The number of benzene rings is 1. The van der Waals surface area contributed by atoms with Crippen LogP contribution in [0, 0.1) is 0 Å². The normalized spacial score (nSPS) is 19.7. The lowest BCUT2D eigenvalue weighted by atomic mass is 10.1. The van der Waals surface area contributed by atoms with E-state index in [1.165, 1.54) is 10.4 Å². The van der Waals surface area contributed by atoms with Crippen molar-refractivity contribution >= 4 is 33.2 Å². The van der Waals surface area contributed by atoms with Crippen LogP contribution in [0.3, 0.4) is 0 Å². The third kappa shape index (κ3) is 2.56. The molecule has 1 aromatic carbocycles. The Morgan fingerprint density at radius 3 is 2.64 bits per heavy atom. The molecule has 0 amide bonds. The van der Waals surface area contributed by atoms with E-state index in [2.05, 4.69) is 0 Å². The summed E-state index contributed by atoms with van der Waals surface area (Å²) in [6.45, 7) is 0.487. The Hall–Kier alpha value is -1.01. The van der Waals surface area contributed by atoms with E-state index in [1.807, 2.05) is 29.9 Å². The summed E-state index contributed by atoms with van der Waals surface area (Å²) in [5.74, 6) is 0. The summed E-state index contributed by atoms with van der Waals surface area (Å²) >= 11 is 12.1. The molecular formula is C15H16Cl2N2O2S. The van der Waals surface area contributed by atoms with Crippen molar-refractivity contribution in [1.29, 1.82) is 0 Å². The van der Waals surface area contributed by atoms with Crippen molar-refractivity contribution in [2.45, 2.75) is 23.8 Å². The van der Waals surface area contributed by atoms with Crippen LogP contribution in [0.2, 0.25) is 10.0 Å². The Balaban J connectivity index is 2.05. The molecule has 1 aromatic heterocycles. The number of nitrogens with zero attached hydrogens (tertiary/aromatic N) is 2. The van der Waals surface area contributed by atoms with Crippen LogP contribution in [0.15, 0.2) is 41.4 Å². The van der Waals surface area contributed by atoms with E-state index in [0.717, 1.165) is 18.5 Å². The van der Waals surface area contributed by atoms with Crippen LogP contribution >= 0.6 is 23.2 Å². The topological polar surface area (TPSA) is 42.3 Å². The van der Waals surface area contributed by atoms with E-state index in [4.69, 9.17) is 23.2 Å². The second-order valence-corrected chi connectivity index (χ2v) is 8.01. The number of sulfonamides is 1. The molecule has 118 valence electrons. The molecule has 7 heteroatoms. The maximum atomic E-state index is 13.0. The Labute approximate surface area is 140 Å². The van der Waals surface area contributed by atoms with Gasteiger partial charge in [-0.3, -0.25) is 0 Å². The lowest BCUT2D eigenvalue weighted by Crippen LogP contribution is -2.31. The van der Waals surface area contributed by atoms with Gasteiger partial charge in [0.05, 0.1) is 16.1 Å². The van der Waals surface area contributed by atoms with Crippen molar-refractivity contribution in [3.63, 3.8) is 0 Å². The van der Waals surface area contributed by atoms with E-state index in [-0.39, 0.29) is 21.0 Å². The van der Waals surface area contributed by atoms with Crippen molar-refractivity contribution in [3.8, 4) is 0 Å². The van der Waals surface area contributed by atoms with Gasteiger partial charge in [0, 0.05) is 25.5 Å². The second-order valence-electron chi connectivity index (χ2n) is 5.37. The fraction of sp³-hybridized carbons (Fsp3) is 0.333. The predicted molar refractivity (Wildman–Crippen MR) is 87.7 cm³/mol. The monoisotopic (exact) mass is 358 g/mol. The molecular weight excluding hydrogens is 343 g/mol. The molecule has 0 N–H and O–H groups in total. The van der Waals surface area contributed by atoms with E-state index in [0.29, 0.717) is 6.54 Å². The molecule has 1 aliphatic heterocycles. The summed E-state index contributed by atoms with van der Waals surface area (Å²) < 4.78 is 29.5. The molecule has 0 aliphatic carbocycles. The largest absolute Gasteiger partial charge is 0.353 e. The van der Waals surface area contributed by atoms with Crippen molar-refractivity contribution in [3.05, 3.63) is 52.3 Å². The minimum absolute atomic E-state index is 0.0720. The predicted octanol–water partition coefficient (Wildman–Crippen LogP) is 3.86. The van der Waals surface area contributed by atoms with Crippen LogP contribution in [0.4, 0.5) is 0 Å². The van der Waals surface area contributed by atoms with Gasteiger partial charge in [0.15, 0.2) is 0 Å². The van der Waals surface area contributed by atoms with Crippen molar-refractivity contribution in [2.75, 3.05) is 6.54 Å². The van der Waals surface area contributed by atoms with Gasteiger partial charge in [0.2, 0.25) is 10.0 Å². The van der Waals surface area contributed by atoms with Crippen molar-refractivity contribution < 1.29 is 8.42 Å². The summed E-state index contributed by atoms with van der Waals surface area (Å²) in [5.41, 5.74) is 0.985. The summed E-state index contributed by atoms with van der Waals surface area (Å²) in [6, 6.07) is 8.41. The molecule has 0 spiro atoms. The maximum Gasteiger partial charge on any atom is 0.245 e. The highest BCUT2D eigenvalue weighted by atomic mass is 35.5. The highest BCUT2D eigenvalue weighted by Gasteiger charge is 2.38. The van der Waals surface area contributed by atoms with Crippen LogP contribution in [-0.4, -0.2) is 23.8 Å². The first kappa shape index (κ1) is 15.9. The first-order chi connectivity index (χ1) is 10.4. The first-order valence-electron chi connectivity index (χ1n) is 7.00. The fourth-order valence-corrected chi connectivity index (χ4v) is 5.36. The van der Waals surface area contributed by atoms with Gasteiger partial charge in [0.25, 0.3) is 0 Å². The molecule has 0 radical (unpaired) electrons. The molecule has 1 atom stereocenters. The van der Waals surface area contributed by atoms with Gasteiger partial charge < -0.3 is 4.57 Å². The Kier molecular flexibility index (Phi) is 4.25. The number of halogens is 2. The third-order valence-corrected chi connectivity index (χ3v) is 6.91. The second kappa shape index (κ2) is 5.89. The lowest BCUT2D eigenvalue weighted by molar-refractivity contribution is 0.384. The summed E-state index contributed by atoms with van der Waals surface area (Å²) in [7, 11) is -1.76. The molecule has 1 unspecified atom stereocenters. The quantitative estimate of drug-likeness (QED) is 0.835. The van der Waals surface area contributed by atoms with Gasteiger partial charge in [-0.15, -0.1) is 0 Å². The fourth-order valence-electron chi connectivity index (χ4n) is 2.95. The summed E-state index contributed by atoms with van der Waals surface area (Å²) in [4.78, 5) is 0.0720. The van der Waals surface area contributed by atoms with E-state index in [1.54, 1.807) is 12.1 Å². The highest BCUT2D eigenvalue weighted by Crippen LogP contribution is 2.39. The zero-order chi connectivity index (χ0) is 15.9. The lowest BCUT2D eigenvalue weighted by Gasteiger charge is -2.25. The summed E-state index contributed by atoms with van der Waals surface area (Å²) in [5, 5.41) is 0.332. The van der Waals surface area contributed by atoms with Crippen molar-refractivity contribution in [2.24, 2.45) is 7.05 Å².